The van der Waals surface area contributed by atoms with Crippen molar-refractivity contribution in [3.63, 3.8) is 0 Å². The third-order valence-electron chi connectivity index (χ3n) is 17.8. The van der Waals surface area contributed by atoms with Gasteiger partial charge >= 0.3 is 39.5 Å². The van der Waals surface area contributed by atoms with Gasteiger partial charge in [0.2, 0.25) is 0 Å². The number of phosphoric ester groups is 2. The largest absolute Gasteiger partial charge is 0.472 e. The lowest BCUT2D eigenvalue weighted by Gasteiger charge is -2.21. The lowest BCUT2D eigenvalue weighted by atomic mass is 10.0. The van der Waals surface area contributed by atoms with E-state index in [2.05, 4.69) is 34.6 Å². The highest BCUT2D eigenvalue weighted by atomic mass is 31.2. The normalized spacial score (nSPS) is 13.9. The first-order chi connectivity index (χ1) is 46.0. The lowest BCUT2D eigenvalue weighted by Crippen LogP contribution is -2.30. The van der Waals surface area contributed by atoms with Crippen LogP contribution < -0.4 is 0 Å². The number of hydrogen-bond acceptors (Lipinski definition) is 15. The number of phosphoric acid groups is 2. The summed E-state index contributed by atoms with van der Waals surface area (Å²) in [6.07, 6.45) is 58.2. The average Bonchev–Trinajstić information content (AvgIpc) is 1.36. The fourth-order valence-electron chi connectivity index (χ4n) is 11.7. The van der Waals surface area contributed by atoms with Crippen LogP contribution >= 0.6 is 15.6 Å². The molecule has 3 N–H and O–H groups in total. The lowest BCUT2D eigenvalue weighted by molar-refractivity contribution is -0.161. The Balaban J connectivity index is 5.21. The maximum absolute atomic E-state index is 13.1. The van der Waals surface area contributed by atoms with Gasteiger partial charge in [-0.05, 0) is 31.6 Å². The van der Waals surface area contributed by atoms with Crippen molar-refractivity contribution in [2.75, 3.05) is 39.6 Å². The van der Waals surface area contributed by atoms with E-state index in [0.717, 1.165) is 95.8 Å². The monoisotopic (exact) mass is 1400 g/mol. The molecule has 0 spiro atoms. The Hall–Kier alpha value is -1.94. The van der Waals surface area contributed by atoms with E-state index in [9.17, 15) is 43.2 Å². The maximum Gasteiger partial charge on any atom is 0.472 e. The van der Waals surface area contributed by atoms with E-state index >= 15 is 0 Å². The Bertz CT molecular complexity index is 1820. The van der Waals surface area contributed by atoms with Crippen LogP contribution in [0.4, 0.5) is 0 Å². The van der Waals surface area contributed by atoms with Gasteiger partial charge in [0.1, 0.15) is 19.3 Å². The molecule has 0 amide bonds. The standard InChI is InChI=1S/C76H148O17P2/c1-6-9-12-15-18-21-23-24-25-29-32-36-40-45-50-55-60-74(79)87-66-72(93-76(81)62-57-52-47-42-37-33-30-27-26-28-31-35-39-43-48-53-58-69(4)5)68-91-95(84,85)89-64-70(77)63-88-94(82,83)90-67-71(65-86-73(78)59-54-49-44-38-20-17-14-11-8-3)92-75(80)61-56-51-46-41-34-22-19-16-13-10-7-2/h69-72,77H,6-68H2,1-5H3,(H,82,83)(H,84,85)/t70-,71+,72+/m0/s1. The van der Waals surface area contributed by atoms with Gasteiger partial charge in [-0.2, -0.15) is 0 Å². The Morgan fingerprint density at radius 1 is 0.284 bits per heavy atom. The van der Waals surface area contributed by atoms with Gasteiger partial charge in [0.15, 0.2) is 12.2 Å². The first-order valence-electron chi connectivity index (χ1n) is 39.6. The zero-order valence-corrected chi connectivity index (χ0v) is 63.6. The average molecular weight is 1400 g/mol. The Morgan fingerprint density at radius 2 is 0.484 bits per heavy atom. The molecular weight excluding hydrogens is 1250 g/mol. The van der Waals surface area contributed by atoms with Gasteiger partial charge in [-0.1, -0.05) is 349 Å². The first-order valence-corrected chi connectivity index (χ1v) is 42.6. The molecule has 0 aromatic heterocycles. The maximum atomic E-state index is 13.1. The minimum atomic E-state index is -4.96. The molecule has 0 saturated heterocycles. The molecule has 0 bridgehead atoms. The van der Waals surface area contributed by atoms with Gasteiger partial charge in [0.05, 0.1) is 26.4 Å². The molecule has 0 heterocycles. The van der Waals surface area contributed by atoms with Crippen molar-refractivity contribution in [3.8, 4) is 0 Å². The molecule has 2 unspecified atom stereocenters. The molecule has 0 aliphatic carbocycles. The SMILES string of the molecule is CCCCCCCCCCCCCCCCCCC(=O)OC[C@H](COP(=O)(O)OC[C@@H](O)COP(=O)(O)OC[C@@H](COC(=O)CCCCCCCCCCC)OC(=O)CCCCCCCCCCCCC)OC(=O)CCCCCCCCCCCCCCCCCCC(C)C. The second-order valence-corrected chi connectivity index (χ2v) is 30.8. The van der Waals surface area contributed by atoms with Gasteiger partial charge in [0.25, 0.3) is 0 Å². The zero-order valence-electron chi connectivity index (χ0n) is 61.8. The smallest absolute Gasteiger partial charge is 0.462 e. The topological polar surface area (TPSA) is 237 Å². The third kappa shape index (κ3) is 70.3. The van der Waals surface area contributed by atoms with Crippen molar-refractivity contribution in [2.45, 2.75) is 419 Å². The summed E-state index contributed by atoms with van der Waals surface area (Å²) in [4.78, 5) is 72.7. The Labute approximate surface area is 581 Å². The van der Waals surface area contributed by atoms with E-state index in [1.54, 1.807) is 0 Å². The molecule has 0 fully saturated rings. The Kier molecular flexibility index (Phi) is 67.7. The van der Waals surface area contributed by atoms with E-state index in [4.69, 9.17) is 37.0 Å². The quantitative estimate of drug-likeness (QED) is 0.0222. The fourth-order valence-corrected chi connectivity index (χ4v) is 13.3. The molecule has 0 rings (SSSR count). The van der Waals surface area contributed by atoms with E-state index < -0.39 is 97.5 Å². The van der Waals surface area contributed by atoms with E-state index in [1.165, 1.54) is 225 Å². The number of aliphatic hydroxyl groups excluding tert-OH is 1. The van der Waals surface area contributed by atoms with Crippen molar-refractivity contribution in [3.05, 3.63) is 0 Å². The molecule has 19 heteroatoms. The summed E-state index contributed by atoms with van der Waals surface area (Å²) >= 11 is 0. The molecule has 0 saturated carbocycles. The summed E-state index contributed by atoms with van der Waals surface area (Å²) in [6, 6.07) is 0. The minimum absolute atomic E-state index is 0.107. The highest BCUT2D eigenvalue weighted by Gasteiger charge is 2.30. The van der Waals surface area contributed by atoms with Crippen molar-refractivity contribution in [2.24, 2.45) is 5.92 Å². The van der Waals surface area contributed by atoms with Crippen LogP contribution in [0.1, 0.15) is 401 Å². The van der Waals surface area contributed by atoms with E-state index in [-0.39, 0.29) is 25.7 Å². The first kappa shape index (κ1) is 93.1. The van der Waals surface area contributed by atoms with Crippen molar-refractivity contribution in [1.82, 2.24) is 0 Å². The Morgan fingerprint density at radius 3 is 0.716 bits per heavy atom. The van der Waals surface area contributed by atoms with Gasteiger partial charge in [-0.3, -0.25) is 37.3 Å². The summed E-state index contributed by atoms with van der Waals surface area (Å²) in [5.74, 6) is -1.30. The zero-order chi connectivity index (χ0) is 69.8. The number of aliphatic hydroxyl groups is 1. The molecule has 0 aromatic rings. The molecule has 0 aliphatic rings. The summed E-state index contributed by atoms with van der Waals surface area (Å²) in [5.41, 5.74) is 0. The number of hydrogen-bond donors (Lipinski definition) is 3. The fraction of sp³-hybridized carbons (Fsp3) is 0.947. The third-order valence-corrected chi connectivity index (χ3v) is 19.7. The summed E-state index contributed by atoms with van der Waals surface area (Å²) in [5, 5.41) is 10.6. The van der Waals surface area contributed by atoms with Crippen LogP contribution in [-0.4, -0.2) is 96.7 Å². The predicted octanol–water partition coefficient (Wildman–Crippen LogP) is 22.5. The van der Waals surface area contributed by atoms with Gasteiger partial charge in [-0.15, -0.1) is 0 Å². The second kappa shape index (κ2) is 69.2. The van der Waals surface area contributed by atoms with Gasteiger partial charge < -0.3 is 33.8 Å². The molecule has 95 heavy (non-hydrogen) atoms. The molecule has 0 aliphatic heterocycles. The van der Waals surface area contributed by atoms with Crippen LogP contribution in [0.15, 0.2) is 0 Å². The van der Waals surface area contributed by atoms with Crippen molar-refractivity contribution >= 4 is 39.5 Å². The summed E-state index contributed by atoms with van der Waals surface area (Å²) in [6.45, 7) is 7.31. The minimum Gasteiger partial charge on any atom is -0.462 e. The summed E-state index contributed by atoms with van der Waals surface area (Å²) < 4.78 is 68.5. The molecule has 0 aromatic carbocycles. The van der Waals surface area contributed by atoms with Gasteiger partial charge in [-0.25, -0.2) is 9.13 Å². The van der Waals surface area contributed by atoms with Crippen LogP contribution in [0.2, 0.25) is 0 Å². The van der Waals surface area contributed by atoms with Crippen molar-refractivity contribution in [1.29, 1.82) is 0 Å². The summed E-state index contributed by atoms with van der Waals surface area (Å²) in [7, 11) is -9.91. The van der Waals surface area contributed by atoms with E-state index in [1.807, 2.05) is 0 Å². The van der Waals surface area contributed by atoms with Crippen LogP contribution in [0.3, 0.4) is 0 Å². The molecular formula is C76H148O17P2. The second-order valence-electron chi connectivity index (χ2n) is 27.9. The molecule has 5 atom stereocenters. The van der Waals surface area contributed by atoms with Crippen LogP contribution in [-0.2, 0) is 65.4 Å². The van der Waals surface area contributed by atoms with E-state index in [0.29, 0.717) is 25.7 Å². The number of carbonyl (C=O) groups is 4. The van der Waals surface area contributed by atoms with Crippen LogP contribution in [0, 0.1) is 5.92 Å². The van der Waals surface area contributed by atoms with Crippen LogP contribution in [0.25, 0.3) is 0 Å². The number of ether oxygens (including phenoxy) is 4. The van der Waals surface area contributed by atoms with Crippen LogP contribution in [0.5, 0.6) is 0 Å². The van der Waals surface area contributed by atoms with Gasteiger partial charge in [0, 0.05) is 25.7 Å². The number of rotatable bonds is 76. The molecule has 0 radical (unpaired) electrons. The number of carbonyl (C=O) groups excluding carboxylic acids is 4. The number of esters is 4. The highest BCUT2D eigenvalue weighted by Crippen LogP contribution is 2.45. The van der Waals surface area contributed by atoms with Crippen molar-refractivity contribution < 1.29 is 80.2 Å². The molecule has 564 valence electrons. The molecule has 17 nitrogen and oxygen atoms in total. The predicted molar refractivity (Wildman–Crippen MR) is 386 cm³/mol. The number of unbranched alkanes of at least 4 members (excludes halogenated alkanes) is 48. The highest BCUT2D eigenvalue weighted by molar-refractivity contribution is 7.47.